The lowest BCUT2D eigenvalue weighted by Crippen LogP contribution is -2.43. The van der Waals surface area contributed by atoms with Crippen molar-refractivity contribution in [1.82, 2.24) is 24.5 Å². The molecule has 0 spiro atoms. The van der Waals surface area contributed by atoms with Crippen LogP contribution < -0.4 is 11.3 Å². The maximum Gasteiger partial charge on any atom is 0.248 e. The molecule has 2 aromatic carbocycles. The van der Waals surface area contributed by atoms with Crippen molar-refractivity contribution < 1.29 is 0 Å². The Morgan fingerprint density at radius 3 is 2.39 bits per heavy atom. The molecule has 33 heavy (non-hydrogen) atoms. The first kappa shape index (κ1) is 19.6. The average molecular weight is 435 g/mol. The van der Waals surface area contributed by atoms with Crippen molar-refractivity contribution in [3.8, 4) is 28.6 Å². The summed E-state index contributed by atoms with van der Waals surface area (Å²) in [6.45, 7) is 0. The largest absolute Gasteiger partial charge is 0.321 e. The van der Waals surface area contributed by atoms with Crippen LogP contribution in [0.25, 0.3) is 39.8 Å². The Labute approximate surface area is 190 Å². The smallest absolute Gasteiger partial charge is 0.248 e. The van der Waals surface area contributed by atoms with E-state index >= 15 is 0 Å². The lowest BCUT2D eigenvalue weighted by Gasteiger charge is -2.38. The van der Waals surface area contributed by atoms with Gasteiger partial charge in [-0.05, 0) is 43.0 Å². The van der Waals surface area contributed by atoms with Crippen LogP contribution in [0, 0.1) is 0 Å². The minimum Gasteiger partial charge on any atom is -0.321 e. The fraction of sp³-hybridized carbons (Fsp3) is 0.154. The van der Waals surface area contributed by atoms with Gasteiger partial charge in [0.05, 0.1) is 11.9 Å². The molecule has 5 aromatic rings. The highest BCUT2D eigenvalue weighted by molar-refractivity contribution is 5.80. The van der Waals surface area contributed by atoms with Gasteiger partial charge < -0.3 is 10.7 Å². The van der Waals surface area contributed by atoms with Crippen molar-refractivity contribution in [3.63, 3.8) is 0 Å². The van der Waals surface area contributed by atoms with Gasteiger partial charge in [-0.25, -0.2) is 15.0 Å². The number of nitrogens with two attached hydrogens (primary N) is 1. The highest BCUT2D eigenvalue weighted by Gasteiger charge is 2.34. The molecule has 6 rings (SSSR count). The Morgan fingerprint density at radius 2 is 1.70 bits per heavy atom. The molecule has 1 saturated carbocycles. The monoisotopic (exact) mass is 434 g/mol. The number of pyridine rings is 1. The molecule has 1 aliphatic carbocycles. The number of H-pyrrole nitrogens is 1. The van der Waals surface area contributed by atoms with Crippen molar-refractivity contribution >= 4 is 11.2 Å². The van der Waals surface area contributed by atoms with Crippen molar-refractivity contribution in [3.05, 3.63) is 94.9 Å². The van der Waals surface area contributed by atoms with Gasteiger partial charge in [-0.3, -0.25) is 9.36 Å². The maximum absolute atomic E-state index is 12.0. The van der Waals surface area contributed by atoms with Crippen LogP contribution in [0.4, 0.5) is 0 Å². The Bertz CT molecular complexity index is 1510. The van der Waals surface area contributed by atoms with E-state index in [0.717, 1.165) is 36.1 Å². The van der Waals surface area contributed by atoms with Crippen LogP contribution in [-0.4, -0.2) is 24.5 Å². The molecule has 3 N–H and O–H groups in total. The van der Waals surface area contributed by atoms with Gasteiger partial charge in [0.2, 0.25) is 5.56 Å². The fourth-order valence-electron chi connectivity index (χ4n) is 4.39. The first-order valence-electron chi connectivity index (χ1n) is 11.0. The van der Waals surface area contributed by atoms with Crippen molar-refractivity contribution in [1.29, 1.82) is 0 Å². The predicted molar refractivity (Wildman–Crippen MR) is 128 cm³/mol. The molecule has 7 nitrogen and oxygen atoms in total. The van der Waals surface area contributed by atoms with Gasteiger partial charge in [-0.15, -0.1) is 0 Å². The molecule has 0 atom stereocenters. The van der Waals surface area contributed by atoms with Crippen LogP contribution >= 0.6 is 0 Å². The zero-order valence-corrected chi connectivity index (χ0v) is 17.9. The highest BCUT2D eigenvalue weighted by atomic mass is 16.1. The average Bonchev–Trinajstić information content (AvgIpc) is 3.22. The van der Waals surface area contributed by atoms with Gasteiger partial charge in [0.1, 0.15) is 5.52 Å². The second-order valence-electron chi connectivity index (χ2n) is 8.52. The van der Waals surface area contributed by atoms with E-state index in [9.17, 15) is 4.79 Å². The number of rotatable bonds is 4. The Morgan fingerprint density at radius 1 is 0.909 bits per heavy atom. The predicted octanol–water partition coefficient (Wildman–Crippen LogP) is 4.18. The summed E-state index contributed by atoms with van der Waals surface area (Å²) in [5.41, 5.74) is 11.0. The molecule has 0 unspecified atom stereocenters. The normalized spacial score (nSPS) is 14.8. The molecule has 0 amide bonds. The number of aromatic nitrogens is 5. The first-order valence-corrected chi connectivity index (χ1v) is 11.0. The van der Waals surface area contributed by atoms with Gasteiger partial charge in [0.25, 0.3) is 0 Å². The van der Waals surface area contributed by atoms with Crippen molar-refractivity contribution in [2.24, 2.45) is 5.73 Å². The highest BCUT2D eigenvalue weighted by Crippen LogP contribution is 2.39. The molecule has 0 saturated heterocycles. The molecule has 3 heterocycles. The van der Waals surface area contributed by atoms with E-state index in [-0.39, 0.29) is 11.1 Å². The lowest BCUT2D eigenvalue weighted by molar-refractivity contribution is 0.253. The van der Waals surface area contributed by atoms with Gasteiger partial charge in [0.15, 0.2) is 17.3 Å². The summed E-state index contributed by atoms with van der Waals surface area (Å²) in [5.74, 6) is 1.21. The topological polar surface area (TPSA) is 102 Å². The number of fused-ring (bicyclic) bond motifs is 1. The Kier molecular flexibility index (Phi) is 4.45. The van der Waals surface area contributed by atoms with Gasteiger partial charge in [-0.2, -0.15) is 0 Å². The number of imidazole rings is 1. The third-order valence-corrected chi connectivity index (χ3v) is 6.39. The second-order valence-corrected chi connectivity index (χ2v) is 8.52. The summed E-state index contributed by atoms with van der Waals surface area (Å²) in [6, 6.07) is 23.1. The summed E-state index contributed by atoms with van der Waals surface area (Å²) < 4.78 is 1.96. The summed E-state index contributed by atoms with van der Waals surface area (Å²) in [7, 11) is 0. The van der Waals surface area contributed by atoms with Gasteiger partial charge >= 0.3 is 0 Å². The Balaban J connectivity index is 1.56. The van der Waals surface area contributed by atoms with E-state index in [1.165, 1.54) is 6.07 Å². The number of nitrogens with one attached hydrogen (secondary N) is 1. The first-order chi connectivity index (χ1) is 16.1. The van der Waals surface area contributed by atoms with E-state index in [2.05, 4.69) is 22.1 Å². The third kappa shape index (κ3) is 3.34. The summed E-state index contributed by atoms with van der Waals surface area (Å²) >= 11 is 0. The standard InChI is InChI=1S/C26H22N6O/c27-26(14-5-15-26)18-10-12-19(13-11-18)32-24(20-8-4-9-22(33)29-20)30-21-16-28-23(31-25(21)32)17-6-2-1-3-7-17/h1-4,6-13,16H,5,14-15,27H2,(H,29,33). The van der Waals surface area contributed by atoms with Crippen LogP contribution in [0.1, 0.15) is 24.8 Å². The zero-order chi connectivity index (χ0) is 22.4. The van der Waals surface area contributed by atoms with E-state index in [1.54, 1.807) is 12.3 Å². The minimum absolute atomic E-state index is 0.187. The molecule has 162 valence electrons. The molecular weight excluding hydrogens is 412 g/mol. The SMILES string of the molecule is NC1(c2ccc(-n3c(-c4cccc(=O)[nH]4)nc4cnc(-c5ccccc5)nc43)cc2)CCC1. The van der Waals surface area contributed by atoms with Crippen LogP contribution in [0.5, 0.6) is 0 Å². The van der Waals surface area contributed by atoms with Crippen LogP contribution in [0.2, 0.25) is 0 Å². The third-order valence-electron chi connectivity index (χ3n) is 6.39. The van der Waals surface area contributed by atoms with Crippen molar-refractivity contribution in [2.75, 3.05) is 0 Å². The minimum atomic E-state index is -0.230. The molecule has 1 fully saturated rings. The zero-order valence-electron chi connectivity index (χ0n) is 17.9. The number of hydrogen-bond acceptors (Lipinski definition) is 5. The summed E-state index contributed by atoms with van der Waals surface area (Å²) in [5, 5.41) is 0. The van der Waals surface area contributed by atoms with Crippen molar-refractivity contribution in [2.45, 2.75) is 24.8 Å². The molecule has 0 bridgehead atoms. The summed E-state index contributed by atoms with van der Waals surface area (Å²) in [4.78, 5) is 29.1. The molecule has 0 radical (unpaired) electrons. The number of hydrogen-bond donors (Lipinski definition) is 2. The van der Waals surface area contributed by atoms with E-state index in [0.29, 0.717) is 28.5 Å². The van der Waals surface area contributed by atoms with Gasteiger partial charge in [-0.1, -0.05) is 48.5 Å². The molecule has 0 aliphatic heterocycles. The van der Waals surface area contributed by atoms with Crippen LogP contribution in [0.15, 0.2) is 83.8 Å². The number of nitrogens with zero attached hydrogens (tertiary/aromatic N) is 4. The second kappa shape index (κ2) is 7.50. The molecule has 3 aromatic heterocycles. The van der Waals surface area contributed by atoms with E-state index < -0.39 is 0 Å². The lowest BCUT2D eigenvalue weighted by atomic mass is 9.73. The molecular formula is C26H22N6O. The van der Waals surface area contributed by atoms with E-state index in [4.69, 9.17) is 15.7 Å². The van der Waals surface area contributed by atoms with E-state index in [1.807, 2.05) is 53.1 Å². The molecule has 1 aliphatic rings. The fourth-order valence-corrected chi connectivity index (χ4v) is 4.39. The molecule has 7 heteroatoms. The quantitative estimate of drug-likeness (QED) is 0.442. The number of benzene rings is 2. The maximum atomic E-state index is 12.0. The van der Waals surface area contributed by atoms with Crippen LogP contribution in [0.3, 0.4) is 0 Å². The van der Waals surface area contributed by atoms with Gasteiger partial charge in [0, 0.05) is 22.9 Å². The number of aromatic amines is 1. The Hall–Kier alpha value is -4.10. The summed E-state index contributed by atoms with van der Waals surface area (Å²) in [6.07, 6.45) is 4.90. The van der Waals surface area contributed by atoms with Crippen LogP contribution in [-0.2, 0) is 5.54 Å².